The lowest BCUT2D eigenvalue weighted by Crippen LogP contribution is -2.14. The van der Waals surface area contributed by atoms with Crippen molar-refractivity contribution in [2.24, 2.45) is 0 Å². The summed E-state index contributed by atoms with van der Waals surface area (Å²) in [6.07, 6.45) is 0. The number of para-hydroxylation sites is 2. The number of benzene rings is 9. The molecule has 3 heterocycles. The molecule has 0 saturated carbocycles. The van der Waals surface area contributed by atoms with Gasteiger partial charge in [-0.25, -0.2) is 4.98 Å². The van der Waals surface area contributed by atoms with Crippen molar-refractivity contribution >= 4 is 69.7 Å². The van der Waals surface area contributed by atoms with Crippen LogP contribution in [0.4, 0.5) is 0 Å². The first-order valence-electron chi connectivity index (χ1n) is 21.1. The minimum atomic E-state index is 0.0112. The molecule has 1 aliphatic rings. The van der Waals surface area contributed by atoms with Crippen LogP contribution in [0.25, 0.3) is 114 Å². The number of nitrogens with zero attached hydrogens (tertiary/aromatic N) is 2. The molecule has 0 aliphatic heterocycles. The van der Waals surface area contributed by atoms with Crippen LogP contribution in [0.15, 0.2) is 194 Å². The number of hydrogen-bond acceptors (Lipinski definition) is 2. The highest BCUT2D eigenvalue weighted by atomic mass is 32.1. The molecule has 0 saturated heterocycles. The van der Waals surface area contributed by atoms with Gasteiger partial charge >= 0.3 is 0 Å². The maximum absolute atomic E-state index is 5.24. The molecule has 2 nitrogen and oxygen atoms in total. The Kier molecular flexibility index (Phi) is 7.26. The van der Waals surface area contributed by atoms with E-state index in [9.17, 15) is 0 Å². The first-order chi connectivity index (χ1) is 30.0. The molecular weight excluding hydrogens is 757 g/mol. The van der Waals surface area contributed by atoms with Crippen molar-refractivity contribution in [2.45, 2.75) is 19.3 Å². The van der Waals surface area contributed by atoms with Crippen LogP contribution in [0.2, 0.25) is 0 Å². The fourth-order valence-corrected chi connectivity index (χ4v) is 11.5. The van der Waals surface area contributed by atoms with Crippen molar-refractivity contribution in [1.29, 1.82) is 0 Å². The van der Waals surface area contributed by atoms with Gasteiger partial charge in [0, 0.05) is 20.9 Å². The van der Waals surface area contributed by atoms with E-state index < -0.39 is 0 Å². The number of fused-ring (bicyclic) bond motifs is 12. The molecule has 0 N–H and O–H groups in total. The molecule has 286 valence electrons. The lowest BCUT2D eigenvalue weighted by molar-refractivity contribution is 0.660. The zero-order valence-corrected chi connectivity index (χ0v) is 34.6. The van der Waals surface area contributed by atoms with Crippen LogP contribution in [-0.4, -0.2) is 9.38 Å². The monoisotopic (exact) mass is 794 g/mol. The van der Waals surface area contributed by atoms with Crippen LogP contribution in [0.5, 0.6) is 0 Å². The molecule has 0 unspecified atom stereocenters. The Labute approximate surface area is 357 Å². The van der Waals surface area contributed by atoms with Crippen LogP contribution in [0, 0.1) is 0 Å². The quantitative estimate of drug-likeness (QED) is 0.173. The Balaban J connectivity index is 0.881. The SMILES string of the molecule is CC1(C)c2ccccc2-c2cc(-c3ccc(-c4ccc(-c5ccc(-c6cc7c8cc9ccccc9cc8sc7c7nc8ccccc8n67)cc5)c5ccccc45)cc3)ccc21. The van der Waals surface area contributed by atoms with Gasteiger partial charge in [-0.15, -0.1) is 11.3 Å². The molecule has 13 rings (SSSR count). The Morgan fingerprint density at radius 2 is 1.02 bits per heavy atom. The molecule has 9 aromatic carbocycles. The highest BCUT2D eigenvalue weighted by molar-refractivity contribution is 7.26. The Bertz CT molecular complexity index is 3770. The molecule has 0 radical (unpaired) electrons. The first kappa shape index (κ1) is 34.5. The molecule has 3 aromatic heterocycles. The highest BCUT2D eigenvalue weighted by Gasteiger charge is 2.35. The summed E-state index contributed by atoms with van der Waals surface area (Å²) in [5.74, 6) is 0. The minimum Gasteiger partial charge on any atom is -0.291 e. The summed E-state index contributed by atoms with van der Waals surface area (Å²) in [7, 11) is 0. The first-order valence-corrected chi connectivity index (χ1v) is 21.9. The topological polar surface area (TPSA) is 17.3 Å². The van der Waals surface area contributed by atoms with E-state index >= 15 is 0 Å². The molecule has 12 aromatic rings. The van der Waals surface area contributed by atoms with Crippen molar-refractivity contribution in [2.75, 3.05) is 0 Å². The van der Waals surface area contributed by atoms with Gasteiger partial charge in [0.2, 0.25) is 0 Å². The fraction of sp³-hybridized carbons (Fsp3) is 0.0517. The van der Waals surface area contributed by atoms with Gasteiger partial charge in [-0.1, -0.05) is 172 Å². The summed E-state index contributed by atoms with van der Waals surface area (Å²) in [5, 5.41) is 7.56. The maximum Gasteiger partial charge on any atom is 0.156 e. The van der Waals surface area contributed by atoms with Gasteiger partial charge in [-0.2, -0.15) is 0 Å². The van der Waals surface area contributed by atoms with E-state index in [1.54, 1.807) is 0 Å². The van der Waals surface area contributed by atoms with Crippen LogP contribution < -0.4 is 0 Å². The predicted molar refractivity (Wildman–Crippen MR) is 260 cm³/mol. The summed E-state index contributed by atoms with van der Waals surface area (Å²) in [6, 6.07) is 71.9. The Morgan fingerprint density at radius 3 is 1.77 bits per heavy atom. The van der Waals surface area contributed by atoms with Gasteiger partial charge in [-0.3, -0.25) is 4.40 Å². The van der Waals surface area contributed by atoms with E-state index in [1.165, 1.54) is 97.4 Å². The molecular formula is C58H38N2S. The second-order valence-electron chi connectivity index (χ2n) is 17.1. The van der Waals surface area contributed by atoms with Gasteiger partial charge in [0.05, 0.1) is 21.4 Å². The highest BCUT2D eigenvalue weighted by Crippen LogP contribution is 2.50. The van der Waals surface area contributed by atoms with Crippen LogP contribution >= 0.6 is 11.3 Å². The normalized spacial score (nSPS) is 13.2. The summed E-state index contributed by atoms with van der Waals surface area (Å²) in [6.45, 7) is 4.68. The van der Waals surface area contributed by atoms with Crippen LogP contribution in [0.1, 0.15) is 25.0 Å². The van der Waals surface area contributed by atoms with Gasteiger partial charge in [0.1, 0.15) is 0 Å². The fourth-order valence-electron chi connectivity index (χ4n) is 10.3. The number of rotatable bonds is 4. The summed E-state index contributed by atoms with van der Waals surface area (Å²) >= 11 is 1.84. The number of aromatic nitrogens is 2. The molecule has 0 atom stereocenters. The van der Waals surface area contributed by atoms with E-state index in [0.29, 0.717) is 0 Å². The van der Waals surface area contributed by atoms with Gasteiger partial charge < -0.3 is 0 Å². The zero-order chi connectivity index (χ0) is 40.4. The van der Waals surface area contributed by atoms with Gasteiger partial charge in [-0.05, 0) is 119 Å². The van der Waals surface area contributed by atoms with Crippen molar-refractivity contribution < 1.29 is 0 Å². The second-order valence-corrected chi connectivity index (χ2v) is 18.2. The summed E-state index contributed by atoms with van der Waals surface area (Å²) in [5.41, 5.74) is 18.4. The summed E-state index contributed by atoms with van der Waals surface area (Å²) < 4.78 is 4.87. The number of hydrogen-bond donors (Lipinski definition) is 0. The second kappa shape index (κ2) is 12.8. The minimum absolute atomic E-state index is 0.0112. The average Bonchev–Trinajstić information content (AvgIpc) is 3.95. The van der Waals surface area contributed by atoms with E-state index in [4.69, 9.17) is 4.98 Å². The number of imidazole rings is 1. The molecule has 0 amide bonds. The van der Waals surface area contributed by atoms with Crippen molar-refractivity contribution in [3.05, 3.63) is 205 Å². The van der Waals surface area contributed by atoms with Crippen molar-refractivity contribution in [3.63, 3.8) is 0 Å². The van der Waals surface area contributed by atoms with Crippen molar-refractivity contribution in [3.8, 4) is 55.8 Å². The number of pyridine rings is 1. The van der Waals surface area contributed by atoms with E-state index in [0.717, 1.165) is 27.9 Å². The Morgan fingerprint density at radius 1 is 0.426 bits per heavy atom. The van der Waals surface area contributed by atoms with E-state index in [-0.39, 0.29) is 5.41 Å². The molecule has 0 fully saturated rings. The zero-order valence-electron chi connectivity index (χ0n) is 33.8. The number of thiophene rings is 1. The van der Waals surface area contributed by atoms with Crippen molar-refractivity contribution in [1.82, 2.24) is 9.38 Å². The maximum atomic E-state index is 5.24. The lowest BCUT2D eigenvalue weighted by atomic mass is 9.82. The molecule has 3 heteroatoms. The summed E-state index contributed by atoms with van der Waals surface area (Å²) in [4.78, 5) is 5.24. The molecule has 0 bridgehead atoms. The van der Waals surface area contributed by atoms with Crippen LogP contribution in [0.3, 0.4) is 0 Å². The van der Waals surface area contributed by atoms with E-state index in [1.807, 2.05) is 11.3 Å². The van der Waals surface area contributed by atoms with Crippen LogP contribution in [-0.2, 0) is 5.41 Å². The standard InChI is InChI=1S/C58H38N2S/c1-58(2)50-16-8-7-15-46(50)47-31-41(27-30-51(47)58)35-19-21-36(22-20-35)42-28-29-43(45-14-6-5-13-44(42)45)37-23-25-38(26-24-37)54-34-49-48-32-39-11-3-4-12-40(39)33-55(48)61-56(49)57-59-52-17-9-10-18-53(52)60(54)57/h3-34H,1-2H3. The third-order valence-electron chi connectivity index (χ3n) is 13.4. The third kappa shape index (κ3) is 5.11. The van der Waals surface area contributed by atoms with Gasteiger partial charge in [0.25, 0.3) is 0 Å². The average molecular weight is 795 g/mol. The van der Waals surface area contributed by atoms with Gasteiger partial charge in [0.15, 0.2) is 5.65 Å². The molecule has 1 aliphatic carbocycles. The smallest absolute Gasteiger partial charge is 0.156 e. The Hall–Kier alpha value is -7.33. The van der Waals surface area contributed by atoms with E-state index in [2.05, 4.69) is 212 Å². The lowest BCUT2D eigenvalue weighted by Gasteiger charge is -2.21. The largest absolute Gasteiger partial charge is 0.291 e. The molecule has 0 spiro atoms. The predicted octanol–water partition coefficient (Wildman–Crippen LogP) is 16.1. The molecule has 61 heavy (non-hydrogen) atoms. The third-order valence-corrected chi connectivity index (χ3v) is 14.6.